The molecule has 0 aromatic heterocycles. The zero-order valence-corrected chi connectivity index (χ0v) is 4.68. The molecule has 0 aliphatic carbocycles. The van der Waals surface area contributed by atoms with E-state index in [-0.39, 0.29) is 0 Å². The molecule has 0 N–H and O–H groups in total. The molecule has 0 aromatic carbocycles. The first-order valence-electron chi connectivity index (χ1n) is 1.59. The van der Waals surface area contributed by atoms with E-state index < -0.39 is 11.3 Å². The Bertz CT molecular complexity index is 149. The summed E-state index contributed by atoms with van der Waals surface area (Å²) in [4.78, 5) is 9.29. The maximum atomic E-state index is 10.0. The van der Waals surface area contributed by atoms with Crippen molar-refractivity contribution in [3.63, 3.8) is 0 Å². The standard InChI is InChI=1S/C3H3NO3S/c1-2-7-8(6)4-3-5/h2H,1H2. The number of hydrogen-bond acceptors (Lipinski definition) is 3. The minimum Gasteiger partial charge on any atom is -0.392 e. The summed E-state index contributed by atoms with van der Waals surface area (Å²) >= 11 is -1.94. The first kappa shape index (κ1) is 7.07. The predicted molar refractivity (Wildman–Crippen MR) is 27.5 cm³/mol. The van der Waals surface area contributed by atoms with Crippen molar-refractivity contribution in [3.8, 4) is 0 Å². The van der Waals surface area contributed by atoms with E-state index in [2.05, 4.69) is 15.2 Å². The fourth-order valence-electron chi connectivity index (χ4n) is 0.110. The summed E-state index contributed by atoms with van der Waals surface area (Å²) < 4.78 is 16.8. The molecule has 0 saturated carbocycles. The molecule has 1 atom stereocenters. The van der Waals surface area contributed by atoms with Gasteiger partial charge in [-0.15, -0.1) is 0 Å². The van der Waals surface area contributed by atoms with Gasteiger partial charge in [0.05, 0.1) is 6.26 Å². The Balaban J connectivity index is 3.65. The molecule has 0 amide bonds. The molecule has 0 aliphatic heterocycles. The first-order valence-corrected chi connectivity index (χ1v) is 2.62. The summed E-state index contributed by atoms with van der Waals surface area (Å²) in [6.45, 7) is 3.08. The average Bonchev–Trinajstić information content (AvgIpc) is 1.68. The van der Waals surface area contributed by atoms with Crippen molar-refractivity contribution in [2.24, 2.45) is 4.40 Å². The van der Waals surface area contributed by atoms with Crippen molar-refractivity contribution < 1.29 is 13.2 Å². The Hall–Kier alpha value is -0.930. The lowest BCUT2D eigenvalue weighted by Gasteiger charge is -1.83. The van der Waals surface area contributed by atoms with Gasteiger partial charge in [-0.05, 0) is 0 Å². The maximum absolute atomic E-state index is 10.0. The molecule has 5 heteroatoms. The van der Waals surface area contributed by atoms with E-state index in [0.717, 1.165) is 12.3 Å². The summed E-state index contributed by atoms with van der Waals surface area (Å²) in [5, 5.41) is 0. The zero-order valence-electron chi connectivity index (χ0n) is 3.86. The lowest BCUT2D eigenvalue weighted by Crippen LogP contribution is -1.82. The Morgan fingerprint density at radius 2 is 2.50 bits per heavy atom. The van der Waals surface area contributed by atoms with E-state index in [1.165, 1.54) is 0 Å². The fourth-order valence-corrected chi connectivity index (χ4v) is 0.330. The summed E-state index contributed by atoms with van der Waals surface area (Å²) in [5.74, 6) is 0. The van der Waals surface area contributed by atoms with Crippen LogP contribution in [-0.2, 0) is 20.2 Å². The topological polar surface area (TPSA) is 55.7 Å². The Kier molecular flexibility index (Phi) is 3.74. The van der Waals surface area contributed by atoms with Gasteiger partial charge in [-0.25, -0.2) is 4.79 Å². The molecule has 0 saturated heterocycles. The monoisotopic (exact) mass is 133 g/mol. The van der Waals surface area contributed by atoms with Gasteiger partial charge in [0.2, 0.25) is 0 Å². The predicted octanol–water partition coefficient (Wildman–Crippen LogP) is 0.0610. The summed E-state index contributed by atoms with van der Waals surface area (Å²) in [6.07, 6.45) is 1.98. The van der Waals surface area contributed by atoms with Crippen molar-refractivity contribution in [1.29, 1.82) is 0 Å². The van der Waals surface area contributed by atoms with Gasteiger partial charge >= 0.3 is 11.3 Å². The molecule has 0 spiro atoms. The van der Waals surface area contributed by atoms with Gasteiger partial charge in [-0.2, -0.15) is 4.21 Å². The highest BCUT2D eigenvalue weighted by atomic mass is 32.2. The van der Waals surface area contributed by atoms with Crippen LogP contribution >= 0.6 is 0 Å². The molecule has 0 heterocycles. The van der Waals surface area contributed by atoms with Crippen LogP contribution in [0.1, 0.15) is 0 Å². The van der Waals surface area contributed by atoms with E-state index in [9.17, 15) is 9.00 Å². The molecule has 44 valence electrons. The maximum Gasteiger partial charge on any atom is 0.349 e. The quantitative estimate of drug-likeness (QED) is 0.311. The summed E-state index contributed by atoms with van der Waals surface area (Å²) in [6, 6.07) is 0. The van der Waals surface area contributed by atoms with Crippen LogP contribution in [0.3, 0.4) is 0 Å². The van der Waals surface area contributed by atoms with Crippen LogP contribution in [0, 0.1) is 0 Å². The Morgan fingerprint density at radius 3 is 2.88 bits per heavy atom. The fraction of sp³-hybridized carbons (Fsp3) is 0. The number of hydrogen-bond donors (Lipinski definition) is 0. The van der Waals surface area contributed by atoms with Crippen LogP contribution in [-0.4, -0.2) is 10.3 Å². The smallest absolute Gasteiger partial charge is 0.349 e. The Labute approximate surface area is 48.7 Å². The second-order valence-electron chi connectivity index (χ2n) is 0.663. The minimum atomic E-state index is -1.94. The van der Waals surface area contributed by atoms with E-state index in [1.54, 1.807) is 0 Å². The molecule has 0 aromatic rings. The molecule has 0 radical (unpaired) electrons. The van der Waals surface area contributed by atoms with Gasteiger partial charge in [0.25, 0.3) is 6.08 Å². The first-order chi connectivity index (χ1) is 3.81. The van der Waals surface area contributed by atoms with Crippen LogP contribution in [0.15, 0.2) is 17.2 Å². The Morgan fingerprint density at radius 1 is 1.88 bits per heavy atom. The molecule has 8 heavy (non-hydrogen) atoms. The van der Waals surface area contributed by atoms with Crippen molar-refractivity contribution in [2.75, 3.05) is 0 Å². The van der Waals surface area contributed by atoms with Crippen molar-refractivity contribution in [1.82, 2.24) is 0 Å². The minimum absolute atomic E-state index is 0.928. The third kappa shape index (κ3) is 3.27. The zero-order chi connectivity index (χ0) is 6.41. The second-order valence-corrected chi connectivity index (χ2v) is 1.47. The number of nitrogens with zero attached hydrogens (tertiary/aromatic N) is 1. The highest BCUT2D eigenvalue weighted by Gasteiger charge is 1.87. The number of rotatable bonds is 3. The lowest BCUT2D eigenvalue weighted by molar-refractivity contribution is 0.507. The highest BCUT2D eigenvalue weighted by molar-refractivity contribution is 7.78. The molecular formula is C3H3NO3S. The van der Waals surface area contributed by atoms with Crippen LogP contribution in [0.5, 0.6) is 0 Å². The van der Waals surface area contributed by atoms with E-state index in [4.69, 9.17) is 0 Å². The average molecular weight is 133 g/mol. The summed E-state index contributed by atoms with van der Waals surface area (Å²) in [7, 11) is 0. The third-order valence-corrected chi connectivity index (χ3v) is 0.786. The van der Waals surface area contributed by atoms with Crippen LogP contribution in [0.25, 0.3) is 0 Å². The van der Waals surface area contributed by atoms with Crippen molar-refractivity contribution in [3.05, 3.63) is 12.8 Å². The molecular weight excluding hydrogens is 130 g/mol. The van der Waals surface area contributed by atoms with Gasteiger partial charge in [0.1, 0.15) is 0 Å². The summed E-state index contributed by atoms with van der Waals surface area (Å²) in [5.41, 5.74) is 0. The van der Waals surface area contributed by atoms with Gasteiger partial charge in [-0.1, -0.05) is 11.0 Å². The largest absolute Gasteiger partial charge is 0.392 e. The molecule has 0 aliphatic rings. The normalized spacial score (nSPS) is 11.0. The van der Waals surface area contributed by atoms with E-state index >= 15 is 0 Å². The van der Waals surface area contributed by atoms with Gasteiger partial charge in [-0.3, -0.25) is 0 Å². The van der Waals surface area contributed by atoms with E-state index in [1.807, 2.05) is 0 Å². The lowest BCUT2D eigenvalue weighted by atomic mass is 11.2. The molecule has 0 fully saturated rings. The van der Waals surface area contributed by atoms with Crippen LogP contribution in [0.2, 0.25) is 0 Å². The van der Waals surface area contributed by atoms with Crippen molar-refractivity contribution >= 4 is 17.3 Å². The van der Waals surface area contributed by atoms with Crippen LogP contribution < -0.4 is 0 Å². The van der Waals surface area contributed by atoms with E-state index in [0.29, 0.717) is 0 Å². The number of isocyanates is 1. The molecule has 0 bridgehead atoms. The molecule has 1 unspecified atom stereocenters. The number of carbonyl (C=O) groups excluding carboxylic acids is 1. The van der Waals surface area contributed by atoms with Crippen LogP contribution in [0.4, 0.5) is 0 Å². The van der Waals surface area contributed by atoms with Gasteiger partial charge < -0.3 is 4.18 Å². The van der Waals surface area contributed by atoms with Gasteiger partial charge in [0, 0.05) is 0 Å². The molecule has 4 nitrogen and oxygen atoms in total. The molecule has 0 rings (SSSR count). The second kappa shape index (κ2) is 4.23. The third-order valence-electron chi connectivity index (χ3n) is 0.262. The highest BCUT2D eigenvalue weighted by Crippen LogP contribution is 1.83. The van der Waals surface area contributed by atoms with Crippen molar-refractivity contribution in [2.45, 2.75) is 0 Å². The van der Waals surface area contributed by atoms with Gasteiger partial charge in [0.15, 0.2) is 0 Å². The SMILES string of the molecule is C=COS(=O)N=C=O.